The lowest BCUT2D eigenvalue weighted by Crippen LogP contribution is -2.12. The fourth-order valence-corrected chi connectivity index (χ4v) is 2.14. The van der Waals surface area contributed by atoms with Crippen LogP contribution in [-0.2, 0) is 0 Å². The molecule has 0 saturated heterocycles. The van der Waals surface area contributed by atoms with Crippen molar-refractivity contribution in [3.05, 3.63) is 59.2 Å². The van der Waals surface area contributed by atoms with E-state index in [0.717, 1.165) is 23.4 Å². The molecule has 0 aliphatic carbocycles. The van der Waals surface area contributed by atoms with E-state index < -0.39 is 0 Å². The van der Waals surface area contributed by atoms with E-state index in [9.17, 15) is 4.79 Å². The van der Waals surface area contributed by atoms with Crippen LogP contribution in [0.15, 0.2) is 42.5 Å². The molecule has 122 valence electrons. The molecule has 0 radical (unpaired) electrons. The summed E-state index contributed by atoms with van der Waals surface area (Å²) in [5.41, 5.74) is 3.82. The van der Waals surface area contributed by atoms with E-state index in [1.807, 2.05) is 37.3 Å². The molecule has 1 amide bonds. The van der Waals surface area contributed by atoms with E-state index in [1.54, 1.807) is 12.1 Å². The van der Waals surface area contributed by atoms with Crippen molar-refractivity contribution in [3.63, 3.8) is 0 Å². The first kappa shape index (κ1) is 17.1. The van der Waals surface area contributed by atoms with Crippen molar-refractivity contribution in [1.29, 1.82) is 0 Å². The van der Waals surface area contributed by atoms with Crippen molar-refractivity contribution in [2.24, 2.45) is 5.92 Å². The Labute approximate surface area is 138 Å². The Morgan fingerprint density at radius 2 is 1.74 bits per heavy atom. The molecular weight excluding hydrogens is 286 g/mol. The third kappa shape index (κ3) is 5.13. The number of amides is 1. The highest BCUT2D eigenvalue weighted by Gasteiger charge is 2.07. The van der Waals surface area contributed by atoms with Crippen molar-refractivity contribution in [3.8, 4) is 5.75 Å². The molecule has 2 aromatic carbocycles. The average molecular weight is 311 g/mol. The number of rotatable bonds is 6. The van der Waals surface area contributed by atoms with Gasteiger partial charge in [-0.3, -0.25) is 4.79 Å². The number of carbonyl (C=O) groups excluding carboxylic acids is 1. The number of carbonyl (C=O) groups is 1. The van der Waals surface area contributed by atoms with Gasteiger partial charge in [-0.1, -0.05) is 19.9 Å². The molecule has 0 bridgehead atoms. The Bertz CT molecular complexity index is 660. The fraction of sp³-hybridized carbons (Fsp3) is 0.350. The van der Waals surface area contributed by atoms with Gasteiger partial charge in [-0.2, -0.15) is 0 Å². The van der Waals surface area contributed by atoms with Gasteiger partial charge in [0.15, 0.2) is 0 Å². The second kappa shape index (κ2) is 7.82. The molecule has 0 saturated carbocycles. The number of hydrogen-bond acceptors (Lipinski definition) is 2. The maximum Gasteiger partial charge on any atom is 0.255 e. The van der Waals surface area contributed by atoms with Crippen molar-refractivity contribution in [1.82, 2.24) is 0 Å². The first-order valence-electron chi connectivity index (χ1n) is 8.07. The molecule has 2 aromatic rings. The van der Waals surface area contributed by atoms with Gasteiger partial charge in [0.25, 0.3) is 5.91 Å². The third-order valence-corrected chi connectivity index (χ3v) is 3.85. The minimum absolute atomic E-state index is 0.109. The highest BCUT2D eigenvalue weighted by atomic mass is 16.5. The zero-order valence-corrected chi connectivity index (χ0v) is 14.3. The quantitative estimate of drug-likeness (QED) is 0.817. The van der Waals surface area contributed by atoms with E-state index in [4.69, 9.17) is 4.74 Å². The van der Waals surface area contributed by atoms with Crippen LogP contribution in [0.4, 0.5) is 5.69 Å². The van der Waals surface area contributed by atoms with Crippen molar-refractivity contribution in [2.45, 2.75) is 34.1 Å². The molecule has 0 aliphatic rings. The molecule has 0 atom stereocenters. The molecule has 0 heterocycles. The lowest BCUT2D eigenvalue weighted by Gasteiger charge is -2.10. The van der Waals surface area contributed by atoms with Crippen molar-refractivity contribution in [2.75, 3.05) is 11.9 Å². The summed E-state index contributed by atoms with van der Waals surface area (Å²) < 4.78 is 5.67. The Morgan fingerprint density at radius 1 is 1.04 bits per heavy atom. The molecule has 0 unspecified atom stereocenters. The second-order valence-electron chi connectivity index (χ2n) is 6.31. The molecule has 0 aromatic heterocycles. The number of benzene rings is 2. The van der Waals surface area contributed by atoms with Crippen molar-refractivity contribution >= 4 is 11.6 Å². The highest BCUT2D eigenvalue weighted by molar-refractivity contribution is 6.04. The largest absolute Gasteiger partial charge is 0.494 e. The third-order valence-electron chi connectivity index (χ3n) is 3.85. The Kier molecular flexibility index (Phi) is 5.80. The lowest BCUT2D eigenvalue weighted by atomic mass is 10.1. The van der Waals surface area contributed by atoms with Crippen LogP contribution in [0.25, 0.3) is 0 Å². The summed E-state index contributed by atoms with van der Waals surface area (Å²) in [6, 6.07) is 13.2. The highest BCUT2D eigenvalue weighted by Crippen LogP contribution is 2.17. The van der Waals surface area contributed by atoms with Crippen LogP contribution in [0.5, 0.6) is 5.75 Å². The molecule has 3 nitrogen and oxygen atoms in total. The Balaban J connectivity index is 1.95. The van der Waals surface area contributed by atoms with E-state index in [2.05, 4.69) is 26.1 Å². The topological polar surface area (TPSA) is 38.3 Å². The van der Waals surface area contributed by atoms with Crippen LogP contribution < -0.4 is 10.1 Å². The lowest BCUT2D eigenvalue weighted by molar-refractivity contribution is 0.102. The minimum atomic E-state index is -0.109. The van der Waals surface area contributed by atoms with Gasteiger partial charge in [0.05, 0.1) is 6.61 Å². The summed E-state index contributed by atoms with van der Waals surface area (Å²) in [6.45, 7) is 9.13. The van der Waals surface area contributed by atoms with Gasteiger partial charge in [-0.25, -0.2) is 0 Å². The van der Waals surface area contributed by atoms with E-state index in [-0.39, 0.29) is 5.91 Å². The summed E-state index contributed by atoms with van der Waals surface area (Å²) in [7, 11) is 0. The van der Waals surface area contributed by atoms with Crippen LogP contribution in [0.2, 0.25) is 0 Å². The van der Waals surface area contributed by atoms with Gasteiger partial charge in [-0.15, -0.1) is 0 Å². The van der Waals surface area contributed by atoms with E-state index >= 15 is 0 Å². The van der Waals surface area contributed by atoms with Crippen LogP contribution >= 0.6 is 0 Å². The van der Waals surface area contributed by atoms with Gasteiger partial charge < -0.3 is 10.1 Å². The number of anilines is 1. The number of ether oxygens (including phenoxy) is 1. The zero-order valence-electron chi connectivity index (χ0n) is 14.3. The SMILES string of the molecule is Cc1ccc(NC(=O)c2ccc(OCCC(C)C)cc2)cc1C. The number of nitrogens with one attached hydrogen (secondary N) is 1. The standard InChI is InChI=1S/C20H25NO2/c1-14(2)11-12-23-19-9-6-17(7-10-19)20(22)21-18-8-5-15(3)16(4)13-18/h5-10,13-14H,11-12H2,1-4H3,(H,21,22). The van der Waals surface area contributed by atoms with Gasteiger partial charge >= 0.3 is 0 Å². The average Bonchev–Trinajstić information content (AvgIpc) is 2.51. The van der Waals surface area contributed by atoms with Gasteiger partial charge in [0, 0.05) is 11.3 Å². The molecule has 23 heavy (non-hydrogen) atoms. The van der Waals surface area contributed by atoms with Crippen LogP contribution in [-0.4, -0.2) is 12.5 Å². The fourth-order valence-electron chi connectivity index (χ4n) is 2.14. The summed E-state index contributed by atoms with van der Waals surface area (Å²) in [4.78, 5) is 12.3. The maximum absolute atomic E-state index is 12.3. The van der Waals surface area contributed by atoms with Gasteiger partial charge in [0.2, 0.25) is 0 Å². The summed E-state index contributed by atoms with van der Waals surface area (Å²) in [5.74, 6) is 1.31. The molecule has 0 aliphatic heterocycles. The molecule has 2 rings (SSSR count). The summed E-state index contributed by atoms with van der Waals surface area (Å²) in [5, 5.41) is 2.92. The summed E-state index contributed by atoms with van der Waals surface area (Å²) >= 11 is 0. The van der Waals surface area contributed by atoms with Crippen LogP contribution in [0, 0.1) is 19.8 Å². The zero-order chi connectivity index (χ0) is 16.8. The van der Waals surface area contributed by atoms with E-state index in [0.29, 0.717) is 18.1 Å². The smallest absolute Gasteiger partial charge is 0.255 e. The molecular formula is C20H25NO2. The van der Waals surface area contributed by atoms with Crippen molar-refractivity contribution < 1.29 is 9.53 Å². The van der Waals surface area contributed by atoms with Crippen LogP contribution in [0.3, 0.4) is 0 Å². The number of aryl methyl sites for hydroxylation is 2. The monoisotopic (exact) mass is 311 g/mol. The Hall–Kier alpha value is -2.29. The molecule has 0 fully saturated rings. The second-order valence-corrected chi connectivity index (χ2v) is 6.31. The molecule has 3 heteroatoms. The van der Waals surface area contributed by atoms with Gasteiger partial charge in [-0.05, 0) is 73.7 Å². The van der Waals surface area contributed by atoms with Crippen LogP contribution in [0.1, 0.15) is 41.8 Å². The molecule has 1 N–H and O–H groups in total. The predicted octanol–water partition coefficient (Wildman–Crippen LogP) is 4.98. The minimum Gasteiger partial charge on any atom is -0.494 e. The molecule has 0 spiro atoms. The van der Waals surface area contributed by atoms with Gasteiger partial charge in [0.1, 0.15) is 5.75 Å². The predicted molar refractivity (Wildman–Crippen MR) is 95.3 cm³/mol. The normalized spacial score (nSPS) is 10.7. The first-order valence-corrected chi connectivity index (χ1v) is 8.07. The maximum atomic E-state index is 12.3. The number of hydrogen-bond donors (Lipinski definition) is 1. The van der Waals surface area contributed by atoms with E-state index in [1.165, 1.54) is 5.56 Å². The first-order chi connectivity index (χ1) is 11.0. The summed E-state index contributed by atoms with van der Waals surface area (Å²) in [6.07, 6.45) is 1.02. The Morgan fingerprint density at radius 3 is 2.35 bits per heavy atom.